The van der Waals surface area contributed by atoms with Gasteiger partial charge in [-0.1, -0.05) is 17.7 Å². The molecule has 2 aliphatic rings. The molecular weight excluding hydrogens is 426 g/mol. The van der Waals surface area contributed by atoms with E-state index in [-0.39, 0.29) is 11.8 Å². The van der Waals surface area contributed by atoms with Crippen LogP contribution < -0.4 is 10.2 Å². The second-order valence-electron chi connectivity index (χ2n) is 10.0. The lowest BCUT2D eigenvalue weighted by molar-refractivity contribution is -0.126. The van der Waals surface area contributed by atoms with Crippen molar-refractivity contribution < 1.29 is 4.79 Å². The third kappa shape index (κ3) is 4.39. The Labute approximate surface area is 201 Å². The van der Waals surface area contributed by atoms with Gasteiger partial charge in [-0.3, -0.25) is 4.79 Å². The molecule has 34 heavy (non-hydrogen) atoms. The average molecular weight is 462 g/mol. The predicted molar refractivity (Wildman–Crippen MR) is 134 cm³/mol. The largest absolute Gasteiger partial charge is 0.353 e. The molecule has 8 heteroatoms. The summed E-state index contributed by atoms with van der Waals surface area (Å²) in [5.74, 6) is 1.11. The molecule has 0 saturated carbocycles. The highest BCUT2D eigenvalue weighted by Gasteiger charge is 2.30. The molecular formula is C26H35N7O. The normalized spacial score (nSPS) is 18.5. The van der Waals surface area contributed by atoms with Crippen molar-refractivity contribution >= 4 is 22.6 Å². The number of likely N-dealkylation sites (tertiary alicyclic amines) is 1. The van der Waals surface area contributed by atoms with Gasteiger partial charge in [-0.25, -0.2) is 4.68 Å². The monoisotopic (exact) mass is 461 g/mol. The van der Waals surface area contributed by atoms with Crippen LogP contribution in [0.15, 0.2) is 24.3 Å². The maximum atomic E-state index is 12.9. The van der Waals surface area contributed by atoms with Gasteiger partial charge in [0.2, 0.25) is 5.91 Å². The van der Waals surface area contributed by atoms with Crippen molar-refractivity contribution in [3.63, 3.8) is 0 Å². The highest BCUT2D eigenvalue weighted by Crippen LogP contribution is 2.31. The summed E-state index contributed by atoms with van der Waals surface area (Å²) in [4.78, 5) is 17.5. The SMILES string of the molecule is Cc1ccc(-n2nc3c(N4CCC(C(=O)NC5CCN(C)CC5)CC4)nnc(C)c3c2C)cc1. The summed E-state index contributed by atoms with van der Waals surface area (Å²) < 4.78 is 1.99. The summed E-state index contributed by atoms with van der Waals surface area (Å²) in [7, 11) is 2.14. The molecule has 8 nitrogen and oxygen atoms in total. The fourth-order valence-corrected chi connectivity index (χ4v) is 5.29. The molecule has 2 saturated heterocycles. The molecule has 2 fully saturated rings. The molecule has 0 unspecified atom stereocenters. The van der Waals surface area contributed by atoms with Gasteiger partial charge in [-0.05, 0) is 78.7 Å². The van der Waals surface area contributed by atoms with E-state index in [0.717, 1.165) is 85.7 Å². The Balaban J connectivity index is 1.32. The molecule has 0 spiro atoms. The fourth-order valence-electron chi connectivity index (χ4n) is 5.29. The number of carbonyl (C=O) groups is 1. The first-order valence-electron chi connectivity index (χ1n) is 12.4. The van der Waals surface area contributed by atoms with E-state index in [1.165, 1.54) is 5.56 Å². The van der Waals surface area contributed by atoms with Crippen LogP contribution in [0.2, 0.25) is 0 Å². The summed E-state index contributed by atoms with van der Waals surface area (Å²) in [6.07, 6.45) is 3.74. The summed E-state index contributed by atoms with van der Waals surface area (Å²) in [6.45, 7) is 9.86. The number of hydrogen-bond donors (Lipinski definition) is 1. The van der Waals surface area contributed by atoms with E-state index in [4.69, 9.17) is 5.10 Å². The van der Waals surface area contributed by atoms with E-state index < -0.39 is 0 Å². The molecule has 2 aliphatic heterocycles. The molecule has 0 aliphatic carbocycles. The summed E-state index contributed by atoms with van der Waals surface area (Å²) >= 11 is 0. The third-order valence-electron chi connectivity index (χ3n) is 7.49. The Kier molecular flexibility index (Phi) is 6.25. The molecule has 0 bridgehead atoms. The lowest BCUT2D eigenvalue weighted by atomic mass is 9.94. The third-order valence-corrected chi connectivity index (χ3v) is 7.49. The Bertz CT molecular complexity index is 1170. The molecule has 1 amide bonds. The number of nitrogens with zero attached hydrogens (tertiary/aromatic N) is 6. The van der Waals surface area contributed by atoms with E-state index in [1.807, 2.05) is 11.6 Å². The lowest BCUT2D eigenvalue weighted by Crippen LogP contribution is -2.47. The zero-order valence-electron chi connectivity index (χ0n) is 20.7. The number of anilines is 1. The topological polar surface area (TPSA) is 79.2 Å². The van der Waals surface area contributed by atoms with Gasteiger partial charge < -0.3 is 15.1 Å². The number of piperidine rings is 2. The standard InChI is InChI=1S/C26H35N7O/c1-17-5-7-22(8-6-17)33-19(3)23-18(2)28-29-25(24(23)30-33)32-15-9-20(10-16-32)26(34)27-21-11-13-31(4)14-12-21/h5-8,20-21H,9-16H2,1-4H3,(H,27,34). The van der Waals surface area contributed by atoms with Crippen LogP contribution in [0.1, 0.15) is 42.6 Å². The quantitative estimate of drug-likeness (QED) is 0.643. The van der Waals surface area contributed by atoms with Crippen LogP contribution >= 0.6 is 0 Å². The Morgan fingerprint density at radius 2 is 1.62 bits per heavy atom. The Morgan fingerprint density at radius 1 is 0.941 bits per heavy atom. The van der Waals surface area contributed by atoms with Gasteiger partial charge in [-0.15, -0.1) is 5.10 Å². The van der Waals surface area contributed by atoms with E-state index in [0.29, 0.717) is 6.04 Å². The van der Waals surface area contributed by atoms with Gasteiger partial charge >= 0.3 is 0 Å². The predicted octanol–water partition coefficient (Wildman–Crippen LogP) is 3.17. The van der Waals surface area contributed by atoms with Crippen molar-refractivity contribution in [3.05, 3.63) is 41.2 Å². The van der Waals surface area contributed by atoms with Crippen molar-refractivity contribution in [3.8, 4) is 5.69 Å². The second-order valence-corrected chi connectivity index (χ2v) is 10.0. The molecule has 1 aromatic carbocycles. The number of hydrogen-bond acceptors (Lipinski definition) is 6. The van der Waals surface area contributed by atoms with E-state index >= 15 is 0 Å². The maximum Gasteiger partial charge on any atom is 0.223 e. The van der Waals surface area contributed by atoms with Crippen LogP contribution in [0, 0.1) is 26.7 Å². The maximum absolute atomic E-state index is 12.9. The molecule has 1 N–H and O–H groups in total. The van der Waals surface area contributed by atoms with Crippen molar-refractivity contribution in [2.45, 2.75) is 52.5 Å². The van der Waals surface area contributed by atoms with Gasteiger partial charge in [0.05, 0.1) is 22.5 Å². The molecule has 5 rings (SSSR count). The van der Waals surface area contributed by atoms with Crippen LogP contribution in [0.25, 0.3) is 16.6 Å². The first-order chi connectivity index (χ1) is 16.4. The van der Waals surface area contributed by atoms with Crippen molar-refractivity contribution in [1.29, 1.82) is 0 Å². The van der Waals surface area contributed by atoms with Gasteiger partial charge in [-0.2, -0.15) is 10.2 Å². The molecule has 0 atom stereocenters. The fraction of sp³-hybridized carbons (Fsp3) is 0.538. The van der Waals surface area contributed by atoms with Gasteiger partial charge in [0, 0.05) is 25.0 Å². The first kappa shape index (κ1) is 22.8. The number of fused-ring (bicyclic) bond motifs is 1. The smallest absolute Gasteiger partial charge is 0.223 e. The number of nitrogens with one attached hydrogen (secondary N) is 1. The van der Waals surface area contributed by atoms with Crippen LogP contribution in [0.4, 0.5) is 5.82 Å². The van der Waals surface area contributed by atoms with Gasteiger partial charge in [0.25, 0.3) is 0 Å². The minimum atomic E-state index is 0.0663. The molecule has 3 aromatic rings. The van der Waals surface area contributed by atoms with Crippen LogP contribution in [0.5, 0.6) is 0 Å². The minimum Gasteiger partial charge on any atom is -0.353 e. The number of amides is 1. The summed E-state index contributed by atoms with van der Waals surface area (Å²) in [5, 5.41) is 18.4. The zero-order valence-corrected chi connectivity index (χ0v) is 20.7. The first-order valence-corrected chi connectivity index (χ1v) is 12.4. The number of benzene rings is 1. The van der Waals surface area contributed by atoms with Gasteiger partial charge in [0.1, 0.15) is 5.52 Å². The number of aryl methyl sites for hydroxylation is 3. The molecule has 180 valence electrons. The average Bonchev–Trinajstić information content (AvgIpc) is 3.19. The Hall–Kier alpha value is -3.00. The zero-order chi connectivity index (χ0) is 23.8. The van der Waals surface area contributed by atoms with E-state index in [2.05, 4.69) is 70.5 Å². The summed E-state index contributed by atoms with van der Waals surface area (Å²) in [6, 6.07) is 8.72. The lowest BCUT2D eigenvalue weighted by Gasteiger charge is -2.34. The number of aromatic nitrogens is 4. The van der Waals surface area contributed by atoms with Crippen LogP contribution in [-0.2, 0) is 4.79 Å². The van der Waals surface area contributed by atoms with Crippen molar-refractivity contribution in [2.24, 2.45) is 5.92 Å². The minimum absolute atomic E-state index is 0.0663. The van der Waals surface area contributed by atoms with Gasteiger partial charge in [0.15, 0.2) is 5.82 Å². The molecule has 4 heterocycles. The Morgan fingerprint density at radius 3 is 2.29 bits per heavy atom. The number of carbonyl (C=O) groups excluding carboxylic acids is 1. The van der Waals surface area contributed by atoms with Crippen molar-refractivity contribution in [2.75, 3.05) is 38.1 Å². The van der Waals surface area contributed by atoms with Crippen LogP contribution in [-0.4, -0.2) is 70.1 Å². The number of rotatable bonds is 4. The van der Waals surface area contributed by atoms with E-state index in [9.17, 15) is 4.79 Å². The highest BCUT2D eigenvalue weighted by atomic mass is 16.2. The van der Waals surface area contributed by atoms with E-state index in [1.54, 1.807) is 0 Å². The van der Waals surface area contributed by atoms with Crippen LogP contribution in [0.3, 0.4) is 0 Å². The molecule has 2 aromatic heterocycles. The highest BCUT2D eigenvalue weighted by molar-refractivity contribution is 5.92. The molecule has 0 radical (unpaired) electrons. The summed E-state index contributed by atoms with van der Waals surface area (Å²) in [5.41, 5.74) is 5.11. The second kappa shape index (κ2) is 9.33. The van der Waals surface area contributed by atoms with Crippen molar-refractivity contribution in [1.82, 2.24) is 30.2 Å².